The van der Waals surface area contributed by atoms with Crippen LogP contribution in [0.15, 0.2) is 24.3 Å². The highest BCUT2D eigenvalue weighted by Crippen LogP contribution is 2.54. The van der Waals surface area contributed by atoms with E-state index in [4.69, 9.17) is 4.74 Å². The Bertz CT molecular complexity index is 932. The lowest BCUT2D eigenvalue weighted by Crippen LogP contribution is -2.78. The van der Waals surface area contributed by atoms with Gasteiger partial charge in [0, 0.05) is 17.8 Å². The lowest BCUT2D eigenvalue weighted by Gasteiger charge is -2.51. The zero-order valence-electron chi connectivity index (χ0n) is 20.4. The second-order valence-corrected chi connectivity index (χ2v) is 11.4. The highest BCUT2D eigenvalue weighted by Gasteiger charge is 2.70. The molecule has 1 aromatic carbocycles. The Morgan fingerprint density at radius 3 is 2.36 bits per heavy atom. The van der Waals surface area contributed by atoms with Gasteiger partial charge in [0.2, 0.25) is 0 Å². The summed E-state index contributed by atoms with van der Waals surface area (Å²) in [5.41, 5.74) is -0.270. The number of aliphatic carboxylic acids is 1. The summed E-state index contributed by atoms with van der Waals surface area (Å²) in [5.74, 6) is -1.33. The molecule has 1 unspecified atom stereocenters. The first-order valence-corrected chi connectivity index (χ1v) is 12.3. The molecule has 2 N–H and O–H groups in total. The van der Waals surface area contributed by atoms with Crippen molar-refractivity contribution in [2.45, 2.75) is 76.3 Å². The Labute approximate surface area is 200 Å². The van der Waals surface area contributed by atoms with Crippen LogP contribution < -0.4 is 15.0 Å². The number of benzene rings is 1. The van der Waals surface area contributed by atoms with Crippen LogP contribution >= 0.6 is 11.8 Å². The second-order valence-electron chi connectivity index (χ2n) is 9.64. The highest BCUT2D eigenvalue weighted by atomic mass is 32.2. The zero-order chi connectivity index (χ0) is 24.7. The molecule has 9 heteroatoms. The molecule has 0 bridgehead atoms. The largest absolute Gasteiger partial charge is 0.480 e. The van der Waals surface area contributed by atoms with E-state index in [0.29, 0.717) is 5.75 Å². The van der Waals surface area contributed by atoms with Gasteiger partial charge in [-0.15, -0.1) is 11.8 Å². The summed E-state index contributed by atoms with van der Waals surface area (Å²) in [6, 6.07) is 6.70. The van der Waals surface area contributed by atoms with Gasteiger partial charge in [0.15, 0.2) is 6.10 Å². The van der Waals surface area contributed by atoms with Gasteiger partial charge in [0.1, 0.15) is 22.7 Å². The molecule has 1 aromatic rings. The Kier molecular flexibility index (Phi) is 6.94. The van der Waals surface area contributed by atoms with Gasteiger partial charge < -0.3 is 25.0 Å². The molecule has 0 radical (unpaired) electrons. The van der Waals surface area contributed by atoms with E-state index < -0.39 is 33.8 Å². The van der Waals surface area contributed by atoms with Crippen molar-refractivity contribution in [3.05, 3.63) is 24.3 Å². The summed E-state index contributed by atoms with van der Waals surface area (Å²) in [5, 5.41) is 12.1. The molecule has 3 rings (SSSR count). The number of rotatable bonds is 9. The standard InChI is InChI=1S/C24H35N3O5S/c1-8-26(9-2)15-12-10-11-13-16(15)32-17(14(3)4)19(28)25-24(7)21(31)27-18(20(29)30)23(5,6)33-22(24)27/h10-14,17-18,22H,8-9H2,1-7H3,(H,25,28)(H,29,30)/t17?,18-,22+,24-/m0/s1. The first kappa shape index (κ1) is 25.2. The first-order valence-electron chi connectivity index (χ1n) is 11.4. The van der Waals surface area contributed by atoms with Crippen molar-refractivity contribution in [2.75, 3.05) is 18.0 Å². The van der Waals surface area contributed by atoms with E-state index >= 15 is 0 Å². The first-order chi connectivity index (χ1) is 15.4. The number of ether oxygens (including phenoxy) is 1. The predicted octanol–water partition coefficient (Wildman–Crippen LogP) is 2.96. The van der Waals surface area contributed by atoms with Gasteiger partial charge in [-0.1, -0.05) is 26.0 Å². The SMILES string of the molecule is CCN(CC)c1ccccc1OC(C(=O)N[C@@]1(C)C(=O)N2[C@@H](C(=O)O)C(C)(C)S[C@@H]21)C(C)C. The number of fused-ring (bicyclic) bond motifs is 1. The monoisotopic (exact) mass is 477 g/mol. The van der Waals surface area contributed by atoms with Gasteiger partial charge in [0.05, 0.1) is 5.69 Å². The number of carbonyl (C=O) groups is 3. The number of para-hydroxylation sites is 2. The van der Waals surface area contributed by atoms with E-state index in [1.54, 1.807) is 6.92 Å². The van der Waals surface area contributed by atoms with Gasteiger partial charge in [-0.05, 0) is 52.7 Å². The summed E-state index contributed by atoms with van der Waals surface area (Å²) < 4.78 is 5.57. The molecule has 2 aliphatic heterocycles. The van der Waals surface area contributed by atoms with Crippen molar-refractivity contribution in [1.82, 2.24) is 10.2 Å². The fraction of sp³-hybridized carbons (Fsp3) is 0.625. The average Bonchev–Trinajstić information content (AvgIpc) is 3.02. The summed E-state index contributed by atoms with van der Waals surface area (Å²) >= 11 is 1.41. The van der Waals surface area contributed by atoms with Gasteiger partial charge in [-0.3, -0.25) is 9.59 Å². The number of amides is 2. The third kappa shape index (κ3) is 4.27. The van der Waals surface area contributed by atoms with E-state index in [2.05, 4.69) is 24.1 Å². The summed E-state index contributed by atoms with van der Waals surface area (Å²) in [7, 11) is 0. The normalized spacial score (nSPS) is 26.4. The van der Waals surface area contributed by atoms with Crippen LogP contribution in [0.5, 0.6) is 5.75 Å². The number of thioether (sulfide) groups is 1. The van der Waals surface area contributed by atoms with E-state index in [0.717, 1.165) is 18.8 Å². The number of hydrogen-bond donors (Lipinski definition) is 2. The number of nitrogens with zero attached hydrogens (tertiary/aromatic N) is 2. The lowest BCUT2D eigenvalue weighted by molar-refractivity contribution is -0.168. The maximum Gasteiger partial charge on any atom is 0.327 e. The minimum atomic E-state index is -1.18. The van der Waals surface area contributed by atoms with Crippen LogP contribution in [0.1, 0.15) is 48.5 Å². The molecule has 0 spiro atoms. The number of anilines is 1. The summed E-state index contributed by atoms with van der Waals surface area (Å²) in [6.45, 7) is 14.8. The summed E-state index contributed by atoms with van der Waals surface area (Å²) in [4.78, 5) is 41.8. The minimum absolute atomic E-state index is 0.149. The fourth-order valence-corrected chi connectivity index (χ4v) is 6.32. The zero-order valence-corrected chi connectivity index (χ0v) is 21.2. The number of carboxylic acids is 1. The van der Waals surface area contributed by atoms with Gasteiger partial charge in [-0.25, -0.2) is 4.79 Å². The van der Waals surface area contributed by atoms with Crippen LogP contribution in [-0.4, -0.2) is 68.7 Å². The van der Waals surface area contributed by atoms with Crippen molar-refractivity contribution in [3.63, 3.8) is 0 Å². The van der Waals surface area contributed by atoms with Crippen LogP contribution in [0.25, 0.3) is 0 Å². The van der Waals surface area contributed by atoms with E-state index in [-0.39, 0.29) is 17.7 Å². The van der Waals surface area contributed by atoms with E-state index in [9.17, 15) is 19.5 Å². The molecule has 182 valence electrons. The van der Waals surface area contributed by atoms with Gasteiger partial charge in [0.25, 0.3) is 11.8 Å². The molecule has 4 atom stereocenters. The lowest BCUT2D eigenvalue weighted by atomic mass is 9.85. The molecular weight excluding hydrogens is 442 g/mol. The number of carbonyl (C=O) groups excluding carboxylic acids is 2. The topological polar surface area (TPSA) is 99.2 Å². The van der Waals surface area contributed by atoms with Crippen molar-refractivity contribution in [2.24, 2.45) is 5.92 Å². The molecule has 2 saturated heterocycles. The number of carboxylic acid groups (broad SMARTS) is 1. The fourth-order valence-electron chi connectivity index (χ4n) is 4.68. The smallest absolute Gasteiger partial charge is 0.327 e. The van der Waals surface area contributed by atoms with Crippen LogP contribution in [0, 0.1) is 5.92 Å². The number of β-lactam (4-membered cyclic amide) rings is 1. The van der Waals surface area contributed by atoms with Crippen LogP contribution in [0.4, 0.5) is 5.69 Å². The molecule has 0 saturated carbocycles. The maximum atomic E-state index is 13.4. The van der Waals surface area contributed by atoms with Crippen molar-refractivity contribution in [3.8, 4) is 5.75 Å². The van der Waals surface area contributed by atoms with Crippen molar-refractivity contribution in [1.29, 1.82) is 0 Å². The minimum Gasteiger partial charge on any atom is -0.480 e. The van der Waals surface area contributed by atoms with Crippen LogP contribution in [-0.2, 0) is 14.4 Å². The Hall–Kier alpha value is -2.42. The molecule has 2 heterocycles. The Balaban J connectivity index is 1.82. The Morgan fingerprint density at radius 1 is 1.21 bits per heavy atom. The maximum absolute atomic E-state index is 13.4. The second kappa shape index (κ2) is 9.08. The third-order valence-corrected chi connectivity index (χ3v) is 8.23. The van der Waals surface area contributed by atoms with Crippen LogP contribution in [0.2, 0.25) is 0 Å². The molecule has 2 fully saturated rings. The number of nitrogens with one attached hydrogen (secondary N) is 1. The van der Waals surface area contributed by atoms with Gasteiger partial charge in [-0.2, -0.15) is 0 Å². The Morgan fingerprint density at radius 2 is 1.82 bits per heavy atom. The molecule has 0 aliphatic carbocycles. The van der Waals surface area contributed by atoms with E-state index in [1.807, 2.05) is 52.0 Å². The summed E-state index contributed by atoms with van der Waals surface area (Å²) in [6.07, 6.45) is -0.810. The molecular formula is C24H35N3O5S. The third-order valence-electron chi connectivity index (χ3n) is 6.48. The number of hydrogen-bond acceptors (Lipinski definition) is 6. The molecule has 8 nitrogen and oxygen atoms in total. The molecule has 2 amide bonds. The van der Waals surface area contributed by atoms with Crippen molar-refractivity contribution >= 4 is 35.2 Å². The average molecular weight is 478 g/mol. The van der Waals surface area contributed by atoms with Crippen LogP contribution in [0.3, 0.4) is 0 Å². The highest BCUT2D eigenvalue weighted by molar-refractivity contribution is 8.01. The van der Waals surface area contributed by atoms with E-state index in [1.165, 1.54) is 16.7 Å². The molecule has 33 heavy (non-hydrogen) atoms. The molecule has 0 aromatic heterocycles. The predicted molar refractivity (Wildman–Crippen MR) is 130 cm³/mol. The quantitative estimate of drug-likeness (QED) is 0.528. The molecule has 2 aliphatic rings. The van der Waals surface area contributed by atoms with Gasteiger partial charge >= 0.3 is 5.97 Å². The van der Waals surface area contributed by atoms with Crippen molar-refractivity contribution < 1.29 is 24.2 Å².